The third-order valence-electron chi connectivity index (χ3n) is 6.67. The van der Waals surface area contributed by atoms with Crippen molar-refractivity contribution in [1.29, 1.82) is 0 Å². The fraction of sp³-hybridized carbons (Fsp3) is 0.222. The highest BCUT2D eigenvalue weighted by molar-refractivity contribution is 5.97. The van der Waals surface area contributed by atoms with E-state index in [9.17, 15) is 27.9 Å². The molecule has 4 aromatic rings. The summed E-state index contributed by atoms with van der Waals surface area (Å²) >= 11 is 0. The first-order chi connectivity index (χ1) is 17.3. The number of fused-ring (bicyclic) bond motifs is 2. The predicted molar refractivity (Wildman–Crippen MR) is 124 cm³/mol. The maximum Gasteiger partial charge on any atom is 0.307 e. The molecule has 2 atom stereocenters. The number of nitrogens with zero attached hydrogens (tertiary/aromatic N) is 2. The molecule has 5 rings (SSSR count). The highest BCUT2D eigenvalue weighted by Gasteiger charge is 2.39. The number of aliphatic carboxylic acids is 1. The highest BCUT2D eigenvalue weighted by atomic mass is 19.2. The Morgan fingerprint density at radius 1 is 1.08 bits per heavy atom. The molecular formula is C27H21F3N2O4. The summed E-state index contributed by atoms with van der Waals surface area (Å²) in [5, 5.41) is 9.75. The van der Waals surface area contributed by atoms with Crippen molar-refractivity contribution in [1.82, 2.24) is 9.38 Å². The van der Waals surface area contributed by atoms with Gasteiger partial charge in [-0.25, -0.2) is 18.2 Å². The standard InChI is InChI=1S/C27H21F3N2O4/c1-14-25(22(33)12-17-16-6-3-2-5-15(16)11-18(17)27(34)35)32-10-4-7-23(26(32)31-14)36-13-19-20(28)8-9-21(29)24(19)30/h2-10,17-18H,11-13H2,1H3,(H,34,35)/t17-,18-/m1/s1. The molecule has 36 heavy (non-hydrogen) atoms. The first-order valence-corrected chi connectivity index (χ1v) is 11.3. The lowest BCUT2D eigenvalue weighted by atomic mass is 9.87. The van der Waals surface area contributed by atoms with E-state index < -0.39 is 47.4 Å². The fourth-order valence-electron chi connectivity index (χ4n) is 4.94. The Morgan fingerprint density at radius 3 is 2.61 bits per heavy atom. The molecule has 0 amide bonds. The summed E-state index contributed by atoms with van der Waals surface area (Å²) in [6, 6.07) is 12.0. The third kappa shape index (κ3) is 4.00. The topological polar surface area (TPSA) is 80.9 Å². The highest BCUT2D eigenvalue weighted by Crippen LogP contribution is 2.41. The zero-order valence-corrected chi connectivity index (χ0v) is 19.2. The van der Waals surface area contributed by atoms with Gasteiger partial charge in [-0.15, -0.1) is 0 Å². The van der Waals surface area contributed by atoms with Gasteiger partial charge in [0.1, 0.15) is 18.1 Å². The van der Waals surface area contributed by atoms with Gasteiger partial charge in [-0.2, -0.15) is 0 Å². The smallest absolute Gasteiger partial charge is 0.307 e. The van der Waals surface area contributed by atoms with Crippen LogP contribution in [0.1, 0.15) is 45.2 Å². The van der Waals surface area contributed by atoms with Crippen LogP contribution in [0.2, 0.25) is 0 Å². The van der Waals surface area contributed by atoms with Gasteiger partial charge in [0.15, 0.2) is 28.8 Å². The van der Waals surface area contributed by atoms with Crippen LogP contribution in [0.25, 0.3) is 5.65 Å². The number of hydrogen-bond donors (Lipinski definition) is 1. The number of carboxylic acid groups (broad SMARTS) is 1. The maximum atomic E-state index is 14.0. The molecule has 2 heterocycles. The number of ketones is 1. The summed E-state index contributed by atoms with van der Waals surface area (Å²) in [6.45, 7) is 1.07. The van der Waals surface area contributed by atoms with Crippen molar-refractivity contribution >= 4 is 17.4 Å². The monoisotopic (exact) mass is 494 g/mol. The molecular weight excluding hydrogens is 473 g/mol. The molecule has 0 spiro atoms. The van der Waals surface area contributed by atoms with Gasteiger partial charge >= 0.3 is 5.97 Å². The average Bonchev–Trinajstić information content (AvgIpc) is 3.39. The van der Waals surface area contributed by atoms with Crippen LogP contribution in [0.15, 0.2) is 54.7 Å². The van der Waals surface area contributed by atoms with Gasteiger partial charge in [-0.1, -0.05) is 24.3 Å². The SMILES string of the molecule is Cc1nc2c(OCc3c(F)ccc(F)c3F)cccn2c1C(=O)C[C@@H]1c2ccccc2C[C@H]1C(=O)O. The van der Waals surface area contributed by atoms with Crippen LogP contribution in [-0.2, 0) is 17.8 Å². The molecule has 1 N–H and O–H groups in total. The molecule has 0 saturated carbocycles. The molecule has 2 aromatic heterocycles. The van der Waals surface area contributed by atoms with Crippen LogP contribution in [-0.4, -0.2) is 26.2 Å². The van der Waals surface area contributed by atoms with Crippen LogP contribution >= 0.6 is 0 Å². The number of carbonyl (C=O) groups excluding carboxylic acids is 1. The number of rotatable bonds is 7. The quantitative estimate of drug-likeness (QED) is 0.280. The minimum absolute atomic E-state index is 0.0204. The summed E-state index contributed by atoms with van der Waals surface area (Å²) in [6.07, 6.45) is 1.95. The number of aromatic nitrogens is 2. The lowest BCUT2D eigenvalue weighted by Crippen LogP contribution is -2.21. The van der Waals surface area contributed by atoms with Crippen LogP contribution in [0, 0.1) is 30.3 Å². The molecule has 0 fully saturated rings. The molecule has 2 aromatic carbocycles. The van der Waals surface area contributed by atoms with E-state index in [2.05, 4.69) is 4.98 Å². The van der Waals surface area contributed by atoms with Gasteiger partial charge in [0.25, 0.3) is 0 Å². The lowest BCUT2D eigenvalue weighted by Gasteiger charge is -2.16. The lowest BCUT2D eigenvalue weighted by molar-refractivity contribution is -0.142. The van der Waals surface area contributed by atoms with E-state index in [4.69, 9.17) is 4.74 Å². The Labute approximate surface area is 204 Å². The van der Waals surface area contributed by atoms with Gasteiger partial charge in [0, 0.05) is 18.5 Å². The van der Waals surface area contributed by atoms with Crippen molar-refractivity contribution in [2.45, 2.75) is 32.3 Å². The number of ether oxygens (including phenoxy) is 1. The number of carbonyl (C=O) groups is 2. The number of Topliss-reactive ketones (excluding diaryl/α,β-unsaturated/α-hetero) is 1. The molecule has 0 bridgehead atoms. The van der Waals surface area contributed by atoms with E-state index in [1.165, 1.54) is 10.5 Å². The number of aryl methyl sites for hydroxylation is 1. The van der Waals surface area contributed by atoms with Gasteiger partial charge in [0.2, 0.25) is 0 Å². The molecule has 0 radical (unpaired) electrons. The Bertz CT molecular complexity index is 1510. The largest absolute Gasteiger partial charge is 0.485 e. The first-order valence-electron chi connectivity index (χ1n) is 11.3. The molecule has 0 unspecified atom stereocenters. The van der Waals surface area contributed by atoms with Crippen molar-refractivity contribution in [3.05, 3.63) is 100 Å². The predicted octanol–water partition coefficient (Wildman–Crippen LogP) is 5.25. The molecule has 6 nitrogen and oxygen atoms in total. The summed E-state index contributed by atoms with van der Waals surface area (Å²) in [5.41, 5.74) is 2.13. The first kappa shape index (κ1) is 23.6. The minimum Gasteiger partial charge on any atom is -0.485 e. The van der Waals surface area contributed by atoms with Crippen LogP contribution in [0.5, 0.6) is 5.75 Å². The normalized spacial score (nSPS) is 16.8. The van der Waals surface area contributed by atoms with Crippen LogP contribution in [0.3, 0.4) is 0 Å². The van der Waals surface area contributed by atoms with Crippen LogP contribution in [0.4, 0.5) is 13.2 Å². The van der Waals surface area contributed by atoms with Gasteiger partial charge in [-0.3, -0.25) is 14.0 Å². The Kier molecular flexibility index (Phi) is 5.99. The molecule has 1 aliphatic rings. The zero-order chi connectivity index (χ0) is 25.6. The molecule has 1 aliphatic carbocycles. The van der Waals surface area contributed by atoms with Crippen molar-refractivity contribution < 1.29 is 32.6 Å². The molecule has 0 aliphatic heterocycles. The van der Waals surface area contributed by atoms with Crippen molar-refractivity contribution in [2.24, 2.45) is 5.92 Å². The van der Waals surface area contributed by atoms with Gasteiger partial charge in [0.05, 0.1) is 17.2 Å². The number of benzene rings is 2. The number of pyridine rings is 1. The van der Waals surface area contributed by atoms with Crippen LogP contribution < -0.4 is 4.74 Å². The Hall–Kier alpha value is -4.14. The Morgan fingerprint density at radius 2 is 1.83 bits per heavy atom. The van der Waals surface area contributed by atoms with Crippen molar-refractivity contribution in [3.8, 4) is 5.75 Å². The number of carboxylic acids is 1. The molecule has 9 heteroatoms. The summed E-state index contributed by atoms with van der Waals surface area (Å²) in [5.74, 6) is -5.74. The van der Waals surface area contributed by atoms with Gasteiger partial charge < -0.3 is 9.84 Å². The summed E-state index contributed by atoms with van der Waals surface area (Å²) < 4.78 is 48.7. The van der Waals surface area contributed by atoms with E-state index in [0.717, 1.165) is 17.2 Å². The number of imidazole rings is 1. The molecule has 0 saturated heterocycles. The zero-order valence-electron chi connectivity index (χ0n) is 19.2. The second-order valence-corrected chi connectivity index (χ2v) is 8.80. The third-order valence-corrected chi connectivity index (χ3v) is 6.67. The van der Waals surface area contributed by atoms with Crippen molar-refractivity contribution in [3.63, 3.8) is 0 Å². The summed E-state index contributed by atoms with van der Waals surface area (Å²) in [4.78, 5) is 29.8. The number of halogens is 3. The van der Waals surface area contributed by atoms with E-state index >= 15 is 0 Å². The van der Waals surface area contributed by atoms with E-state index in [1.54, 1.807) is 19.2 Å². The average molecular weight is 494 g/mol. The van der Waals surface area contributed by atoms with Crippen molar-refractivity contribution in [2.75, 3.05) is 0 Å². The minimum atomic E-state index is -1.33. The Balaban J connectivity index is 1.45. The maximum absolute atomic E-state index is 14.0. The van der Waals surface area contributed by atoms with Gasteiger partial charge in [-0.05, 0) is 48.7 Å². The summed E-state index contributed by atoms with van der Waals surface area (Å²) in [7, 11) is 0. The van der Waals surface area contributed by atoms with E-state index in [-0.39, 0.29) is 29.3 Å². The fourth-order valence-corrected chi connectivity index (χ4v) is 4.94. The van der Waals surface area contributed by atoms with E-state index in [1.807, 2.05) is 24.3 Å². The number of hydrogen-bond acceptors (Lipinski definition) is 4. The second kappa shape index (κ2) is 9.14. The second-order valence-electron chi connectivity index (χ2n) is 8.80. The molecule has 184 valence electrons. The van der Waals surface area contributed by atoms with E-state index in [0.29, 0.717) is 18.2 Å².